The van der Waals surface area contributed by atoms with E-state index in [9.17, 15) is 9.18 Å². The maximum atomic E-state index is 13.3. The van der Waals surface area contributed by atoms with Crippen molar-refractivity contribution in [3.8, 4) is 5.75 Å². The van der Waals surface area contributed by atoms with Crippen molar-refractivity contribution >= 4 is 5.91 Å². The van der Waals surface area contributed by atoms with Crippen LogP contribution < -0.4 is 4.74 Å². The third-order valence-corrected chi connectivity index (χ3v) is 4.96. The van der Waals surface area contributed by atoms with Gasteiger partial charge in [0, 0.05) is 31.1 Å². The molecule has 5 heteroatoms. The van der Waals surface area contributed by atoms with Gasteiger partial charge in [0.1, 0.15) is 17.7 Å². The molecule has 24 heavy (non-hydrogen) atoms. The number of rotatable bonds is 4. The Bertz CT molecular complexity index is 737. The summed E-state index contributed by atoms with van der Waals surface area (Å²) in [5.74, 6) is 0.931. The highest BCUT2D eigenvalue weighted by Crippen LogP contribution is 2.40. The van der Waals surface area contributed by atoms with Gasteiger partial charge in [-0.15, -0.1) is 0 Å². The molecule has 4 rings (SSSR count). The fourth-order valence-corrected chi connectivity index (χ4v) is 3.87. The second-order valence-electron chi connectivity index (χ2n) is 6.58. The van der Waals surface area contributed by atoms with Gasteiger partial charge in [-0.2, -0.15) is 0 Å². The van der Waals surface area contributed by atoms with Crippen LogP contribution in [-0.2, 0) is 11.2 Å². The number of ether oxygens (including phenoxy) is 1. The number of hydrogen-bond acceptors (Lipinski definition) is 3. The molecular weight excluding hydrogens is 307 g/mol. The summed E-state index contributed by atoms with van der Waals surface area (Å²) in [6.45, 7) is 0.726. The second kappa shape index (κ2) is 6.23. The topological polar surface area (TPSA) is 42.4 Å². The molecule has 4 nitrogen and oxygen atoms in total. The molecule has 1 amide bonds. The van der Waals surface area contributed by atoms with E-state index in [4.69, 9.17) is 4.74 Å². The summed E-state index contributed by atoms with van der Waals surface area (Å²) in [6.07, 6.45) is 5.69. The lowest BCUT2D eigenvalue weighted by Gasteiger charge is -2.31. The van der Waals surface area contributed by atoms with E-state index >= 15 is 0 Å². The van der Waals surface area contributed by atoms with Crippen molar-refractivity contribution in [2.75, 3.05) is 6.54 Å². The molecule has 2 bridgehead atoms. The van der Waals surface area contributed by atoms with E-state index in [1.165, 1.54) is 12.1 Å². The molecule has 124 valence electrons. The molecule has 0 radical (unpaired) electrons. The van der Waals surface area contributed by atoms with Crippen molar-refractivity contribution in [3.05, 3.63) is 60.2 Å². The summed E-state index contributed by atoms with van der Waals surface area (Å²) in [5, 5.41) is 0. The quantitative estimate of drug-likeness (QED) is 0.868. The second-order valence-corrected chi connectivity index (χ2v) is 6.58. The van der Waals surface area contributed by atoms with Crippen LogP contribution in [0.25, 0.3) is 0 Å². The van der Waals surface area contributed by atoms with E-state index in [-0.39, 0.29) is 30.3 Å². The lowest BCUT2D eigenvalue weighted by molar-refractivity contribution is -0.132. The highest BCUT2D eigenvalue weighted by molar-refractivity contribution is 5.79. The van der Waals surface area contributed by atoms with E-state index in [1.807, 2.05) is 17.0 Å². The van der Waals surface area contributed by atoms with Crippen LogP contribution in [0.2, 0.25) is 0 Å². The first-order chi connectivity index (χ1) is 11.7. The predicted molar refractivity (Wildman–Crippen MR) is 87.0 cm³/mol. The van der Waals surface area contributed by atoms with Gasteiger partial charge < -0.3 is 9.64 Å². The van der Waals surface area contributed by atoms with Crippen LogP contribution in [0.5, 0.6) is 5.75 Å². The fourth-order valence-electron chi connectivity index (χ4n) is 3.87. The van der Waals surface area contributed by atoms with Gasteiger partial charge in [0.2, 0.25) is 5.91 Å². The Morgan fingerprint density at radius 1 is 1.29 bits per heavy atom. The summed E-state index contributed by atoms with van der Waals surface area (Å²) in [4.78, 5) is 18.5. The number of aromatic nitrogens is 1. The summed E-state index contributed by atoms with van der Waals surface area (Å²) < 4.78 is 19.3. The van der Waals surface area contributed by atoms with Crippen molar-refractivity contribution < 1.29 is 13.9 Å². The van der Waals surface area contributed by atoms with Crippen LogP contribution in [0.1, 0.15) is 18.4 Å². The maximum absolute atomic E-state index is 13.3. The van der Waals surface area contributed by atoms with Gasteiger partial charge >= 0.3 is 0 Å². The van der Waals surface area contributed by atoms with E-state index in [2.05, 4.69) is 4.98 Å². The van der Waals surface area contributed by atoms with E-state index in [1.54, 1.807) is 24.5 Å². The first-order valence-corrected chi connectivity index (χ1v) is 8.29. The molecule has 1 aromatic heterocycles. The first kappa shape index (κ1) is 15.1. The van der Waals surface area contributed by atoms with Gasteiger partial charge in [0.25, 0.3) is 0 Å². The molecule has 2 fully saturated rings. The third-order valence-electron chi connectivity index (χ3n) is 4.96. The van der Waals surface area contributed by atoms with Gasteiger partial charge in [-0.05, 0) is 36.2 Å². The van der Waals surface area contributed by atoms with Crippen molar-refractivity contribution in [3.63, 3.8) is 0 Å². The Labute approximate surface area is 140 Å². The zero-order chi connectivity index (χ0) is 16.5. The minimum atomic E-state index is -0.298. The van der Waals surface area contributed by atoms with Crippen molar-refractivity contribution in [1.29, 1.82) is 0 Å². The average Bonchev–Trinajstić information content (AvgIpc) is 3.16. The Balaban J connectivity index is 1.36. The molecule has 2 unspecified atom stereocenters. The van der Waals surface area contributed by atoms with Crippen molar-refractivity contribution in [1.82, 2.24) is 9.88 Å². The Morgan fingerprint density at radius 2 is 2.21 bits per heavy atom. The number of likely N-dealkylation sites (tertiary alicyclic amines) is 1. The molecule has 1 saturated carbocycles. The molecule has 1 saturated heterocycles. The third kappa shape index (κ3) is 2.98. The smallest absolute Gasteiger partial charge is 0.227 e. The molecular formula is C19H19FN2O2. The standard InChI is InChI=1S/C19H19FN2O2/c20-15-4-1-3-13(7-15)8-19(23)22-12-14-9-16(22)10-18(14)24-17-5-2-6-21-11-17/h1-7,11,14,16,18H,8-10,12H2/t14?,16?,18-/m0/s1. The van der Waals surface area contributed by atoms with Crippen LogP contribution in [0.15, 0.2) is 48.8 Å². The minimum Gasteiger partial charge on any atom is -0.488 e. The number of benzene rings is 1. The number of amides is 1. The van der Waals surface area contributed by atoms with Gasteiger partial charge in [-0.1, -0.05) is 12.1 Å². The molecule has 1 aromatic carbocycles. The van der Waals surface area contributed by atoms with Gasteiger partial charge in [0.15, 0.2) is 0 Å². The molecule has 2 aliphatic rings. The van der Waals surface area contributed by atoms with Crippen molar-refractivity contribution in [2.45, 2.75) is 31.4 Å². The Kier molecular flexibility index (Phi) is 3.92. The zero-order valence-electron chi connectivity index (χ0n) is 13.3. The van der Waals surface area contributed by atoms with Gasteiger partial charge in [0.05, 0.1) is 12.6 Å². The van der Waals surface area contributed by atoms with Crippen LogP contribution in [0.3, 0.4) is 0 Å². The van der Waals surface area contributed by atoms with E-state index in [0.29, 0.717) is 5.92 Å². The number of hydrogen-bond donors (Lipinski definition) is 0. The SMILES string of the molecule is O=C(Cc1cccc(F)c1)N1CC2CC1C[C@@H]2Oc1cccnc1. The molecule has 1 aliphatic heterocycles. The van der Waals surface area contributed by atoms with Crippen LogP contribution in [0.4, 0.5) is 4.39 Å². The number of carbonyl (C=O) groups is 1. The molecule has 1 aliphatic carbocycles. The maximum Gasteiger partial charge on any atom is 0.227 e. The summed E-state index contributed by atoms with van der Waals surface area (Å²) in [5.41, 5.74) is 0.728. The summed E-state index contributed by atoms with van der Waals surface area (Å²) >= 11 is 0. The highest BCUT2D eigenvalue weighted by atomic mass is 19.1. The summed E-state index contributed by atoms with van der Waals surface area (Å²) in [6, 6.07) is 10.3. The monoisotopic (exact) mass is 326 g/mol. The molecule has 0 N–H and O–H groups in total. The Hall–Kier alpha value is -2.43. The van der Waals surface area contributed by atoms with Crippen LogP contribution in [0, 0.1) is 11.7 Å². The minimum absolute atomic E-state index is 0.0768. The largest absolute Gasteiger partial charge is 0.488 e. The number of piperidine rings is 1. The van der Waals surface area contributed by atoms with E-state index < -0.39 is 0 Å². The average molecular weight is 326 g/mol. The summed E-state index contributed by atoms with van der Waals surface area (Å²) in [7, 11) is 0. The number of halogens is 1. The number of fused-ring (bicyclic) bond motifs is 2. The number of nitrogens with zero attached hydrogens (tertiary/aromatic N) is 2. The highest BCUT2D eigenvalue weighted by Gasteiger charge is 2.47. The van der Waals surface area contributed by atoms with E-state index in [0.717, 1.165) is 30.7 Å². The molecule has 2 heterocycles. The molecule has 3 atom stereocenters. The Morgan fingerprint density at radius 3 is 2.92 bits per heavy atom. The lowest BCUT2D eigenvalue weighted by atomic mass is 10.0. The number of carbonyl (C=O) groups excluding carboxylic acids is 1. The lowest BCUT2D eigenvalue weighted by Crippen LogP contribution is -2.43. The van der Waals surface area contributed by atoms with Gasteiger partial charge in [-0.25, -0.2) is 4.39 Å². The van der Waals surface area contributed by atoms with Crippen LogP contribution in [-0.4, -0.2) is 34.5 Å². The van der Waals surface area contributed by atoms with Gasteiger partial charge in [-0.3, -0.25) is 9.78 Å². The van der Waals surface area contributed by atoms with Crippen molar-refractivity contribution in [2.24, 2.45) is 5.92 Å². The zero-order valence-corrected chi connectivity index (χ0v) is 13.3. The molecule has 0 spiro atoms. The van der Waals surface area contributed by atoms with Crippen LogP contribution >= 0.6 is 0 Å². The normalized spacial score (nSPS) is 25.0. The molecule has 2 aromatic rings. The predicted octanol–water partition coefficient (Wildman–Crippen LogP) is 2.83. The fraction of sp³-hybridized carbons (Fsp3) is 0.368. The first-order valence-electron chi connectivity index (χ1n) is 8.29. The number of pyridine rings is 1.